The molecule has 0 aliphatic carbocycles. The van der Waals surface area contributed by atoms with Gasteiger partial charge in [0.15, 0.2) is 21.4 Å². The Hall–Kier alpha value is -3.61. The number of fused-ring (bicyclic) bond motifs is 1. The summed E-state index contributed by atoms with van der Waals surface area (Å²) in [6, 6.07) is 8.55. The van der Waals surface area contributed by atoms with E-state index in [0.717, 1.165) is 6.20 Å². The standard InChI is InChI=1S/C23H21F3N4O5S/c1-23(11-36(32,33)12-23)28-21(31)14-8-17-20(34-10-14)19(13-3-2-4-16(7-13)35-22(25)26)29-30(17)18-6-5-15(24)9-27-18/h2-7,9,14,22H,8,10-12H2,1H3,(H,28,31). The molecule has 0 bridgehead atoms. The smallest absolute Gasteiger partial charge is 0.387 e. The normalized spacial score (nSPS) is 19.6. The summed E-state index contributed by atoms with van der Waals surface area (Å²) in [5.41, 5.74) is 0.375. The van der Waals surface area contributed by atoms with Crippen molar-refractivity contribution in [3.05, 3.63) is 54.1 Å². The van der Waals surface area contributed by atoms with Crippen LogP contribution in [0, 0.1) is 11.7 Å². The minimum absolute atomic E-state index is 0.00950. The fourth-order valence-corrected chi connectivity index (χ4v) is 6.51. The van der Waals surface area contributed by atoms with Gasteiger partial charge in [-0.25, -0.2) is 22.5 Å². The van der Waals surface area contributed by atoms with Crippen molar-refractivity contribution in [1.82, 2.24) is 20.1 Å². The van der Waals surface area contributed by atoms with E-state index < -0.39 is 33.7 Å². The number of rotatable bonds is 6. The summed E-state index contributed by atoms with van der Waals surface area (Å²) < 4.78 is 74.0. The van der Waals surface area contributed by atoms with Gasteiger partial charge in [-0.3, -0.25) is 4.79 Å². The second-order valence-corrected chi connectivity index (χ2v) is 11.1. The molecule has 13 heteroatoms. The van der Waals surface area contributed by atoms with Crippen LogP contribution >= 0.6 is 0 Å². The van der Waals surface area contributed by atoms with E-state index in [1.807, 2.05) is 0 Å². The minimum Gasteiger partial charge on any atom is -0.488 e. The average Bonchev–Trinajstić information content (AvgIpc) is 3.16. The number of alkyl halides is 2. The molecule has 0 spiro atoms. The highest BCUT2D eigenvalue weighted by molar-refractivity contribution is 7.93. The first-order chi connectivity index (χ1) is 17.0. The van der Waals surface area contributed by atoms with Gasteiger partial charge >= 0.3 is 6.61 Å². The van der Waals surface area contributed by atoms with Gasteiger partial charge in [0.05, 0.1) is 34.9 Å². The molecule has 2 aliphatic rings. The zero-order valence-corrected chi connectivity index (χ0v) is 19.8. The molecule has 1 saturated heterocycles. The highest BCUT2D eigenvalue weighted by Gasteiger charge is 2.47. The molecule has 3 aromatic rings. The quantitative estimate of drug-likeness (QED) is 0.530. The number of benzene rings is 1. The lowest BCUT2D eigenvalue weighted by molar-refractivity contribution is -0.127. The van der Waals surface area contributed by atoms with Gasteiger partial charge in [0.1, 0.15) is 23.9 Å². The lowest BCUT2D eigenvalue weighted by Gasteiger charge is -2.39. The molecular formula is C23H21F3N4O5S. The van der Waals surface area contributed by atoms with Gasteiger partial charge in [-0.1, -0.05) is 12.1 Å². The van der Waals surface area contributed by atoms with E-state index >= 15 is 0 Å². The molecule has 2 aromatic heterocycles. The van der Waals surface area contributed by atoms with Gasteiger partial charge in [0, 0.05) is 12.0 Å². The van der Waals surface area contributed by atoms with Crippen molar-refractivity contribution in [1.29, 1.82) is 0 Å². The summed E-state index contributed by atoms with van der Waals surface area (Å²) in [5, 5.41) is 7.35. The first kappa shape index (κ1) is 24.1. The van der Waals surface area contributed by atoms with Crippen molar-refractivity contribution in [3.8, 4) is 28.6 Å². The fourth-order valence-electron chi connectivity index (χ4n) is 4.51. The molecule has 0 radical (unpaired) electrons. The van der Waals surface area contributed by atoms with E-state index in [4.69, 9.17) is 4.74 Å². The second kappa shape index (κ2) is 8.80. The third-order valence-corrected chi connectivity index (χ3v) is 8.09. The third kappa shape index (κ3) is 4.74. The lowest BCUT2D eigenvalue weighted by Crippen LogP contribution is -2.64. The van der Waals surface area contributed by atoms with Crippen LogP contribution in [0.15, 0.2) is 42.6 Å². The number of hydrogen-bond donors (Lipinski definition) is 1. The summed E-state index contributed by atoms with van der Waals surface area (Å²) >= 11 is 0. The van der Waals surface area contributed by atoms with Crippen LogP contribution in [0.1, 0.15) is 12.6 Å². The average molecular weight is 523 g/mol. The Morgan fingerprint density at radius 3 is 2.72 bits per heavy atom. The van der Waals surface area contributed by atoms with Crippen LogP contribution in [0.2, 0.25) is 0 Å². The molecule has 1 unspecified atom stereocenters. The minimum atomic E-state index is -3.16. The molecule has 2 aliphatic heterocycles. The molecule has 4 heterocycles. The van der Waals surface area contributed by atoms with Crippen molar-refractivity contribution in [2.75, 3.05) is 18.1 Å². The van der Waals surface area contributed by atoms with Crippen LogP contribution in [-0.4, -0.2) is 59.4 Å². The molecule has 5 rings (SSSR count). The molecule has 9 nitrogen and oxygen atoms in total. The summed E-state index contributed by atoms with van der Waals surface area (Å²) in [5.74, 6) is -1.32. The number of hydrogen-bond acceptors (Lipinski definition) is 7. The molecular weight excluding hydrogens is 501 g/mol. The van der Waals surface area contributed by atoms with Gasteiger partial charge in [0.25, 0.3) is 0 Å². The van der Waals surface area contributed by atoms with Gasteiger partial charge in [0.2, 0.25) is 5.91 Å². The first-order valence-electron chi connectivity index (χ1n) is 11.0. The molecule has 1 atom stereocenters. The third-order valence-electron chi connectivity index (χ3n) is 5.94. The summed E-state index contributed by atoms with van der Waals surface area (Å²) in [6.07, 6.45) is 1.19. The fraction of sp³-hybridized carbons (Fsp3) is 0.348. The Morgan fingerprint density at radius 1 is 1.28 bits per heavy atom. The van der Waals surface area contributed by atoms with Gasteiger partial charge in [-0.05, 0) is 31.2 Å². The largest absolute Gasteiger partial charge is 0.488 e. The lowest BCUT2D eigenvalue weighted by atomic mass is 9.97. The van der Waals surface area contributed by atoms with Gasteiger partial charge in [-0.2, -0.15) is 13.9 Å². The number of ether oxygens (including phenoxy) is 2. The maximum absolute atomic E-state index is 13.5. The monoisotopic (exact) mass is 522 g/mol. The summed E-state index contributed by atoms with van der Waals surface area (Å²) in [7, 11) is -3.16. The molecule has 1 fully saturated rings. The Balaban J connectivity index is 1.49. The summed E-state index contributed by atoms with van der Waals surface area (Å²) in [6.45, 7) is -1.34. The van der Waals surface area contributed by atoms with E-state index in [0.29, 0.717) is 22.7 Å². The molecule has 1 aromatic carbocycles. The SMILES string of the molecule is CC1(NC(=O)C2COc3c(-c4cccc(OC(F)F)c4)nn(-c4ccc(F)cn4)c3C2)CS(=O)(=O)C1. The van der Waals surface area contributed by atoms with Gasteiger partial charge in [-0.15, -0.1) is 0 Å². The first-order valence-corrected chi connectivity index (χ1v) is 12.8. The predicted octanol–water partition coefficient (Wildman–Crippen LogP) is 2.53. The zero-order chi connectivity index (χ0) is 25.7. The Morgan fingerprint density at radius 2 is 2.06 bits per heavy atom. The summed E-state index contributed by atoms with van der Waals surface area (Å²) in [4.78, 5) is 17.0. The van der Waals surface area contributed by atoms with E-state index in [1.54, 1.807) is 13.0 Å². The van der Waals surface area contributed by atoms with E-state index in [1.165, 1.54) is 35.0 Å². The van der Waals surface area contributed by atoms with Crippen molar-refractivity contribution < 1.29 is 35.9 Å². The molecule has 1 amide bonds. The van der Waals surface area contributed by atoms with Crippen molar-refractivity contribution in [2.24, 2.45) is 5.92 Å². The van der Waals surface area contributed by atoms with E-state index in [9.17, 15) is 26.4 Å². The molecule has 190 valence electrons. The van der Waals surface area contributed by atoms with Crippen LogP contribution in [0.4, 0.5) is 13.2 Å². The number of halogens is 3. The highest BCUT2D eigenvalue weighted by atomic mass is 32.2. The number of carbonyl (C=O) groups is 1. The number of nitrogens with one attached hydrogen (secondary N) is 1. The highest BCUT2D eigenvalue weighted by Crippen LogP contribution is 2.39. The maximum atomic E-state index is 13.5. The van der Waals surface area contributed by atoms with Crippen LogP contribution in [0.3, 0.4) is 0 Å². The maximum Gasteiger partial charge on any atom is 0.387 e. The van der Waals surface area contributed by atoms with Crippen molar-refractivity contribution in [3.63, 3.8) is 0 Å². The Labute approximate surface area is 204 Å². The predicted molar refractivity (Wildman–Crippen MR) is 121 cm³/mol. The molecule has 1 N–H and O–H groups in total. The van der Waals surface area contributed by atoms with Crippen LogP contribution < -0.4 is 14.8 Å². The number of nitrogens with zero attached hydrogens (tertiary/aromatic N) is 3. The van der Waals surface area contributed by atoms with Crippen molar-refractivity contribution in [2.45, 2.75) is 25.5 Å². The number of pyridine rings is 1. The zero-order valence-electron chi connectivity index (χ0n) is 18.9. The van der Waals surface area contributed by atoms with E-state index in [2.05, 4.69) is 20.1 Å². The second-order valence-electron chi connectivity index (χ2n) is 9.07. The molecule has 36 heavy (non-hydrogen) atoms. The topological polar surface area (TPSA) is 112 Å². The Kier molecular flexibility index (Phi) is 5.89. The Bertz CT molecular complexity index is 1410. The number of amides is 1. The number of sulfone groups is 1. The van der Waals surface area contributed by atoms with Crippen molar-refractivity contribution >= 4 is 15.7 Å². The van der Waals surface area contributed by atoms with E-state index in [-0.39, 0.29) is 42.0 Å². The van der Waals surface area contributed by atoms with Gasteiger partial charge < -0.3 is 14.8 Å². The van der Waals surface area contributed by atoms with Crippen LogP contribution in [-0.2, 0) is 21.1 Å². The van der Waals surface area contributed by atoms with Crippen LogP contribution in [0.25, 0.3) is 17.1 Å². The number of aromatic nitrogens is 3. The molecule has 0 saturated carbocycles. The van der Waals surface area contributed by atoms with Crippen LogP contribution in [0.5, 0.6) is 11.5 Å². The number of carbonyl (C=O) groups excluding carboxylic acids is 1.